The van der Waals surface area contributed by atoms with Gasteiger partial charge in [0.2, 0.25) is 0 Å². The van der Waals surface area contributed by atoms with Crippen LogP contribution in [0.25, 0.3) is 0 Å². The molecule has 116 valence electrons. The molecule has 0 aliphatic rings. The van der Waals surface area contributed by atoms with Crippen LogP contribution in [0.15, 0.2) is 35.8 Å². The molecule has 0 unspecified atom stereocenters. The van der Waals surface area contributed by atoms with E-state index >= 15 is 0 Å². The summed E-state index contributed by atoms with van der Waals surface area (Å²) >= 11 is 1.28. The highest BCUT2D eigenvalue weighted by Crippen LogP contribution is 2.18. The Bertz CT molecular complexity index is 654. The van der Waals surface area contributed by atoms with Crippen molar-refractivity contribution < 1.29 is 14.7 Å². The summed E-state index contributed by atoms with van der Waals surface area (Å²) in [6, 6.07) is 9.55. The number of carboxylic acid groups (broad SMARTS) is 1. The number of benzene rings is 1. The fourth-order valence-corrected chi connectivity index (χ4v) is 2.85. The number of carbonyl (C=O) groups excluding carboxylic acids is 1. The van der Waals surface area contributed by atoms with Crippen LogP contribution in [-0.2, 0) is 11.3 Å². The minimum absolute atomic E-state index is 0.167. The third-order valence-corrected chi connectivity index (χ3v) is 4.28. The molecule has 0 bridgehead atoms. The maximum atomic E-state index is 12.7. The smallest absolute Gasteiger partial charge is 0.308 e. The fraction of sp³-hybridized carbons (Fsp3) is 0.312. The lowest BCUT2D eigenvalue weighted by molar-refractivity contribution is -0.141. The van der Waals surface area contributed by atoms with Crippen LogP contribution in [0, 0.1) is 12.8 Å². The van der Waals surface area contributed by atoms with Gasteiger partial charge in [-0.05, 0) is 12.5 Å². The van der Waals surface area contributed by atoms with E-state index in [0.29, 0.717) is 17.1 Å². The van der Waals surface area contributed by atoms with Crippen LogP contribution in [0.5, 0.6) is 0 Å². The number of aryl methyl sites for hydroxylation is 1. The van der Waals surface area contributed by atoms with Gasteiger partial charge in [-0.1, -0.05) is 37.3 Å². The van der Waals surface area contributed by atoms with Crippen molar-refractivity contribution in [2.24, 2.45) is 5.92 Å². The second-order valence-corrected chi connectivity index (χ2v) is 6.03. The van der Waals surface area contributed by atoms with Crippen molar-refractivity contribution in [3.63, 3.8) is 0 Å². The van der Waals surface area contributed by atoms with E-state index in [9.17, 15) is 9.59 Å². The minimum atomic E-state index is -0.910. The van der Waals surface area contributed by atoms with Gasteiger partial charge in [-0.25, -0.2) is 4.98 Å². The highest BCUT2D eigenvalue weighted by Gasteiger charge is 2.24. The van der Waals surface area contributed by atoms with Gasteiger partial charge in [0, 0.05) is 13.1 Å². The molecular weight excluding hydrogens is 300 g/mol. The SMILES string of the molecule is Cc1ncsc1C(=O)N(Cc1ccccc1)C[C@H](C)C(=O)O. The molecule has 0 radical (unpaired) electrons. The molecule has 1 N–H and O–H groups in total. The summed E-state index contributed by atoms with van der Waals surface area (Å²) in [6.45, 7) is 3.94. The van der Waals surface area contributed by atoms with Crippen molar-refractivity contribution >= 4 is 23.2 Å². The van der Waals surface area contributed by atoms with Crippen LogP contribution in [0.4, 0.5) is 0 Å². The maximum Gasteiger partial charge on any atom is 0.308 e. The summed E-state index contributed by atoms with van der Waals surface area (Å²) in [6.07, 6.45) is 0. The average Bonchev–Trinajstić information content (AvgIpc) is 2.92. The van der Waals surface area contributed by atoms with Crippen LogP contribution in [0.2, 0.25) is 0 Å². The van der Waals surface area contributed by atoms with E-state index in [1.54, 1.807) is 24.3 Å². The number of hydrogen-bond acceptors (Lipinski definition) is 4. The number of hydrogen-bond donors (Lipinski definition) is 1. The second kappa shape index (κ2) is 7.17. The van der Waals surface area contributed by atoms with Crippen molar-refractivity contribution in [3.8, 4) is 0 Å². The minimum Gasteiger partial charge on any atom is -0.481 e. The van der Waals surface area contributed by atoms with Crippen molar-refractivity contribution in [3.05, 3.63) is 52.0 Å². The molecule has 0 saturated carbocycles. The van der Waals surface area contributed by atoms with Gasteiger partial charge in [0.1, 0.15) is 4.88 Å². The molecule has 0 fully saturated rings. The van der Waals surface area contributed by atoms with E-state index in [2.05, 4.69) is 4.98 Å². The summed E-state index contributed by atoms with van der Waals surface area (Å²) in [5.74, 6) is -1.70. The van der Waals surface area contributed by atoms with E-state index in [0.717, 1.165) is 5.56 Å². The number of aromatic nitrogens is 1. The van der Waals surface area contributed by atoms with Gasteiger partial charge in [-0.3, -0.25) is 9.59 Å². The van der Waals surface area contributed by atoms with Crippen molar-refractivity contribution in [1.82, 2.24) is 9.88 Å². The van der Waals surface area contributed by atoms with Gasteiger partial charge >= 0.3 is 5.97 Å². The second-order valence-electron chi connectivity index (χ2n) is 5.18. The Labute approximate surface area is 133 Å². The summed E-state index contributed by atoms with van der Waals surface area (Å²) < 4.78 is 0. The molecule has 1 amide bonds. The van der Waals surface area contributed by atoms with Gasteiger partial charge < -0.3 is 10.0 Å². The Morgan fingerprint density at radius 2 is 2.00 bits per heavy atom. The molecule has 0 saturated heterocycles. The summed E-state index contributed by atoms with van der Waals surface area (Å²) in [5.41, 5.74) is 3.27. The number of amides is 1. The number of carboxylic acids is 1. The molecule has 1 atom stereocenters. The van der Waals surface area contributed by atoms with Crippen LogP contribution < -0.4 is 0 Å². The number of carbonyl (C=O) groups is 2. The van der Waals surface area contributed by atoms with E-state index in [4.69, 9.17) is 5.11 Å². The molecular formula is C16H18N2O3S. The highest BCUT2D eigenvalue weighted by molar-refractivity contribution is 7.11. The molecule has 1 heterocycles. The zero-order valence-electron chi connectivity index (χ0n) is 12.5. The first-order valence-electron chi connectivity index (χ1n) is 6.95. The Hall–Kier alpha value is -2.21. The molecule has 5 nitrogen and oxygen atoms in total. The number of nitrogens with zero attached hydrogens (tertiary/aromatic N) is 2. The van der Waals surface area contributed by atoms with Gasteiger partial charge in [0.15, 0.2) is 0 Å². The molecule has 2 rings (SSSR count). The van der Waals surface area contributed by atoms with Crippen molar-refractivity contribution in [2.45, 2.75) is 20.4 Å². The van der Waals surface area contributed by atoms with Gasteiger partial charge in [-0.15, -0.1) is 11.3 Å². The predicted octanol–water partition coefficient (Wildman–Crippen LogP) is 2.81. The maximum absolute atomic E-state index is 12.7. The van der Waals surface area contributed by atoms with Crippen LogP contribution >= 0.6 is 11.3 Å². The van der Waals surface area contributed by atoms with Crippen molar-refractivity contribution in [1.29, 1.82) is 0 Å². The first-order chi connectivity index (χ1) is 10.5. The zero-order valence-corrected chi connectivity index (χ0v) is 13.3. The van der Waals surface area contributed by atoms with Crippen molar-refractivity contribution in [2.75, 3.05) is 6.54 Å². The van der Waals surface area contributed by atoms with E-state index < -0.39 is 11.9 Å². The molecule has 0 aliphatic carbocycles. The van der Waals surface area contributed by atoms with Gasteiger partial charge in [-0.2, -0.15) is 0 Å². The molecule has 2 aromatic rings. The molecule has 1 aromatic carbocycles. The largest absolute Gasteiger partial charge is 0.481 e. The normalized spacial score (nSPS) is 11.9. The monoisotopic (exact) mass is 318 g/mol. The van der Waals surface area contributed by atoms with E-state index in [-0.39, 0.29) is 12.5 Å². The third kappa shape index (κ3) is 3.92. The Morgan fingerprint density at radius 3 is 2.55 bits per heavy atom. The lowest BCUT2D eigenvalue weighted by atomic mass is 10.1. The molecule has 0 spiro atoms. The number of thiazole rings is 1. The zero-order chi connectivity index (χ0) is 16.1. The first kappa shape index (κ1) is 16.2. The lowest BCUT2D eigenvalue weighted by Crippen LogP contribution is -2.36. The van der Waals surface area contributed by atoms with Gasteiger partial charge in [0.25, 0.3) is 5.91 Å². The number of aliphatic carboxylic acids is 1. The van der Waals surface area contributed by atoms with Crippen LogP contribution in [-0.4, -0.2) is 33.4 Å². The summed E-state index contributed by atoms with van der Waals surface area (Å²) in [7, 11) is 0. The molecule has 1 aromatic heterocycles. The lowest BCUT2D eigenvalue weighted by Gasteiger charge is -2.24. The quantitative estimate of drug-likeness (QED) is 0.889. The first-order valence-corrected chi connectivity index (χ1v) is 7.83. The molecule has 6 heteroatoms. The fourth-order valence-electron chi connectivity index (χ4n) is 2.08. The Kier molecular flexibility index (Phi) is 5.27. The number of rotatable bonds is 6. The topological polar surface area (TPSA) is 70.5 Å². The standard InChI is InChI=1S/C16H18N2O3S/c1-11(16(20)21)8-18(9-13-6-4-3-5-7-13)15(19)14-12(2)17-10-22-14/h3-7,10-11H,8-9H2,1-2H3,(H,20,21)/t11-/m0/s1. The summed E-state index contributed by atoms with van der Waals surface area (Å²) in [4.78, 5) is 30.0. The van der Waals surface area contributed by atoms with Crippen LogP contribution in [0.1, 0.15) is 27.9 Å². The average molecular weight is 318 g/mol. The summed E-state index contributed by atoms with van der Waals surface area (Å²) in [5, 5.41) is 9.12. The Morgan fingerprint density at radius 1 is 1.32 bits per heavy atom. The third-order valence-electron chi connectivity index (χ3n) is 3.36. The van der Waals surface area contributed by atoms with E-state index in [1.165, 1.54) is 11.3 Å². The van der Waals surface area contributed by atoms with Gasteiger partial charge in [0.05, 0.1) is 17.1 Å². The Balaban J connectivity index is 2.23. The molecule has 0 aliphatic heterocycles. The highest BCUT2D eigenvalue weighted by atomic mass is 32.1. The van der Waals surface area contributed by atoms with Crippen LogP contribution in [0.3, 0.4) is 0 Å². The van der Waals surface area contributed by atoms with E-state index in [1.807, 2.05) is 30.3 Å². The predicted molar refractivity (Wildman–Crippen MR) is 84.8 cm³/mol. The molecule has 22 heavy (non-hydrogen) atoms.